The predicted octanol–water partition coefficient (Wildman–Crippen LogP) is 3.93. The topological polar surface area (TPSA) is 64.4 Å². The molecule has 0 aliphatic rings. The summed E-state index contributed by atoms with van der Waals surface area (Å²) in [5.74, 6) is 0.455. The quantitative estimate of drug-likeness (QED) is 0.671. The van der Waals surface area contributed by atoms with Crippen LogP contribution in [-0.4, -0.2) is 12.0 Å². The molecule has 0 atom stereocenters. The molecule has 0 amide bonds. The van der Waals surface area contributed by atoms with Crippen LogP contribution in [0.4, 0.5) is 11.4 Å². The minimum Gasteiger partial charge on any atom is -0.496 e. The number of nitrogens with one attached hydrogen (secondary N) is 1. The molecule has 7 heteroatoms. The maximum absolute atomic E-state index is 11.0. The lowest BCUT2D eigenvalue weighted by atomic mass is 10.2. The lowest BCUT2D eigenvalue weighted by Gasteiger charge is -2.07. The fourth-order valence-electron chi connectivity index (χ4n) is 1.57. The van der Waals surface area contributed by atoms with Crippen LogP contribution in [0.1, 0.15) is 4.88 Å². The molecule has 0 fully saturated rings. The molecular weight excluding hydrogens is 288 g/mol. The number of rotatable bonds is 5. The highest BCUT2D eigenvalue weighted by molar-refractivity contribution is 7.10. The third kappa shape index (κ3) is 3.36. The lowest BCUT2D eigenvalue weighted by molar-refractivity contribution is -0.384. The minimum atomic E-state index is -0.438. The zero-order chi connectivity index (χ0) is 13.8. The van der Waals surface area contributed by atoms with Crippen LogP contribution in [0.15, 0.2) is 29.6 Å². The van der Waals surface area contributed by atoms with E-state index in [1.54, 1.807) is 12.1 Å². The second-order valence-corrected chi connectivity index (χ2v) is 5.16. The second-order valence-electron chi connectivity index (χ2n) is 3.72. The molecule has 0 aliphatic carbocycles. The van der Waals surface area contributed by atoms with E-state index in [0.717, 1.165) is 4.88 Å². The molecule has 0 saturated heterocycles. The Labute approximate surface area is 118 Å². The average Bonchev–Trinajstić information content (AvgIpc) is 2.82. The van der Waals surface area contributed by atoms with E-state index in [0.29, 0.717) is 23.0 Å². The summed E-state index contributed by atoms with van der Waals surface area (Å²) in [5, 5.41) is 16.5. The summed E-state index contributed by atoms with van der Waals surface area (Å²) in [6, 6.07) is 6.53. The van der Waals surface area contributed by atoms with Crippen molar-refractivity contribution in [3.8, 4) is 5.75 Å². The van der Waals surface area contributed by atoms with E-state index in [2.05, 4.69) is 5.32 Å². The first-order chi connectivity index (χ1) is 9.10. The molecule has 0 radical (unpaired) electrons. The fourth-order valence-corrected chi connectivity index (χ4v) is 2.58. The molecule has 2 rings (SSSR count). The number of benzene rings is 1. The number of nitrogens with zero attached hydrogens (tertiary/aromatic N) is 1. The summed E-state index contributed by atoms with van der Waals surface area (Å²) in [6.45, 7) is 0.491. The number of halogens is 1. The first-order valence-corrected chi connectivity index (χ1v) is 6.65. The Kier molecular flexibility index (Phi) is 4.24. The second kappa shape index (κ2) is 5.90. The van der Waals surface area contributed by atoms with Gasteiger partial charge in [0.1, 0.15) is 11.4 Å². The Morgan fingerprint density at radius 3 is 2.84 bits per heavy atom. The average molecular weight is 299 g/mol. The van der Waals surface area contributed by atoms with Crippen molar-refractivity contribution >= 4 is 34.3 Å². The number of hydrogen-bond donors (Lipinski definition) is 1. The van der Waals surface area contributed by atoms with Crippen molar-refractivity contribution in [3.63, 3.8) is 0 Å². The molecule has 0 spiro atoms. The maximum Gasteiger partial charge on any atom is 0.296 e. The normalized spacial score (nSPS) is 10.2. The van der Waals surface area contributed by atoms with Crippen LogP contribution in [0.5, 0.6) is 5.75 Å². The van der Waals surface area contributed by atoms with Gasteiger partial charge in [0.05, 0.1) is 23.1 Å². The van der Waals surface area contributed by atoms with E-state index in [4.69, 9.17) is 16.3 Å². The Morgan fingerprint density at radius 1 is 1.47 bits per heavy atom. The van der Waals surface area contributed by atoms with Gasteiger partial charge in [0.25, 0.3) is 5.69 Å². The molecule has 0 aliphatic heterocycles. The van der Waals surface area contributed by atoms with Crippen LogP contribution >= 0.6 is 22.9 Å². The highest BCUT2D eigenvalue weighted by atomic mass is 35.5. The van der Waals surface area contributed by atoms with E-state index in [1.807, 2.05) is 11.4 Å². The monoisotopic (exact) mass is 298 g/mol. The number of ether oxygens (including phenoxy) is 1. The molecule has 2 aromatic rings. The molecule has 5 nitrogen and oxygen atoms in total. The van der Waals surface area contributed by atoms with Crippen LogP contribution < -0.4 is 10.1 Å². The Morgan fingerprint density at radius 2 is 2.26 bits per heavy atom. The highest BCUT2D eigenvalue weighted by Gasteiger charge is 2.15. The molecular formula is C12H11ClN2O3S. The van der Waals surface area contributed by atoms with Crippen molar-refractivity contribution in [2.75, 3.05) is 12.4 Å². The van der Waals surface area contributed by atoms with Crippen molar-refractivity contribution in [2.45, 2.75) is 6.54 Å². The van der Waals surface area contributed by atoms with Gasteiger partial charge >= 0.3 is 0 Å². The fraction of sp³-hybridized carbons (Fsp3) is 0.167. The molecule has 0 unspecified atom stereocenters. The zero-order valence-electron chi connectivity index (χ0n) is 10.1. The number of nitro benzene ring substituents is 1. The first-order valence-electron chi connectivity index (χ1n) is 5.39. The van der Waals surface area contributed by atoms with Gasteiger partial charge in [0.15, 0.2) is 0 Å². The summed E-state index contributed by atoms with van der Waals surface area (Å²) >= 11 is 7.32. The lowest BCUT2D eigenvalue weighted by Crippen LogP contribution is -2.01. The summed E-state index contributed by atoms with van der Waals surface area (Å²) < 4.78 is 4.98. The van der Waals surface area contributed by atoms with E-state index >= 15 is 0 Å². The van der Waals surface area contributed by atoms with E-state index < -0.39 is 4.92 Å². The van der Waals surface area contributed by atoms with E-state index in [-0.39, 0.29) is 5.69 Å². The van der Waals surface area contributed by atoms with E-state index in [1.165, 1.54) is 24.5 Å². The van der Waals surface area contributed by atoms with Gasteiger partial charge in [-0.25, -0.2) is 0 Å². The van der Waals surface area contributed by atoms with Crippen LogP contribution in [0.3, 0.4) is 0 Å². The number of thiophene rings is 1. The number of anilines is 1. The first kappa shape index (κ1) is 13.6. The Balaban J connectivity index is 2.17. The maximum atomic E-state index is 11.0. The molecule has 0 bridgehead atoms. The van der Waals surface area contributed by atoms with E-state index in [9.17, 15) is 10.1 Å². The Bertz CT molecular complexity index is 600. The molecule has 0 saturated carbocycles. The third-order valence-corrected chi connectivity index (χ3v) is 3.76. The molecule has 100 valence electrons. The van der Waals surface area contributed by atoms with Gasteiger partial charge in [0.2, 0.25) is 0 Å². The number of methoxy groups -OCH3 is 1. The summed E-state index contributed by atoms with van der Waals surface area (Å²) in [6.07, 6.45) is 0. The predicted molar refractivity (Wildman–Crippen MR) is 76.3 cm³/mol. The minimum absolute atomic E-state index is 0.0120. The molecule has 1 heterocycles. The van der Waals surface area contributed by atoms with Gasteiger partial charge in [-0.05, 0) is 18.2 Å². The van der Waals surface area contributed by atoms with Crippen molar-refractivity contribution in [3.05, 3.63) is 49.7 Å². The van der Waals surface area contributed by atoms with Crippen LogP contribution in [0.2, 0.25) is 5.02 Å². The van der Waals surface area contributed by atoms with Gasteiger partial charge in [-0.3, -0.25) is 10.1 Å². The van der Waals surface area contributed by atoms with Crippen molar-refractivity contribution < 1.29 is 9.66 Å². The Hall–Kier alpha value is -1.79. The summed E-state index contributed by atoms with van der Waals surface area (Å²) in [5.41, 5.74) is 0.442. The third-order valence-electron chi connectivity index (χ3n) is 2.48. The highest BCUT2D eigenvalue weighted by Crippen LogP contribution is 2.30. The van der Waals surface area contributed by atoms with Crippen LogP contribution in [0.25, 0.3) is 0 Å². The molecule has 19 heavy (non-hydrogen) atoms. The molecule has 1 aromatic heterocycles. The zero-order valence-corrected chi connectivity index (χ0v) is 11.6. The van der Waals surface area contributed by atoms with Crippen molar-refractivity contribution in [2.24, 2.45) is 0 Å². The van der Waals surface area contributed by atoms with Gasteiger partial charge in [0, 0.05) is 16.8 Å². The van der Waals surface area contributed by atoms with Gasteiger partial charge in [-0.1, -0.05) is 11.6 Å². The summed E-state index contributed by atoms with van der Waals surface area (Å²) in [7, 11) is 1.47. The van der Waals surface area contributed by atoms with Crippen LogP contribution in [-0.2, 0) is 6.54 Å². The van der Waals surface area contributed by atoms with Crippen molar-refractivity contribution in [1.82, 2.24) is 0 Å². The smallest absolute Gasteiger partial charge is 0.296 e. The van der Waals surface area contributed by atoms with Crippen molar-refractivity contribution in [1.29, 1.82) is 0 Å². The van der Waals surface area contributed by atoms with Gasteiger partial charge < -0.3 is 10.1 Å². The summed E-state index contributed by atoms with van der Waals surface area (Å²) in [4.78, 5) is 11.6. The standard InChI is InChI=1S/C12H11ClN2O3S/c1-18-9-2-3-11(12(5-9)15(16)17)14-6-10-4-8(13)7-19-10/h2-5,7,14H,6H2,1H3. The SMILES string of the molecule is COc1ccc(NCc2cc(Cl)cs2)c([N+](=O)[O-])c1. The van der Waals surface area contributed by atoms with Crippen LogP contribution in [0, 0.1) is 10.1 Å². The molecule has 1 N–H and O–H groups in total. The number of nitro groups is 1. The van der Waals surface area contributed by atoms with Gasteiger partial charge in [-0.15, -0.1) is 11.3 Å². The number of hydrogen-bond acceptors (Lipinski definition) is 5. The molecule has 1 aromatic carbocycles. The largest absolute Gasteiger partial charge is 0.496 e. The van der Waals surface area contributed by atoms with Gasteiger partial charge in [-0.2, -0.15) is 0 Å².